The van der Waals surface area contributed by atoms with Crippen molar-refractivity contribution in [1.82, 2.24) is 15.0 Å². The minimum Gasteiger partial charge on any atom is -0.489 e. The highest BCUT2D eigenvalue weighted by atomic mass is 35.5. The molecule has 0 aliphatic heterocycles. The van der Waals surface area contributed by atoms with Gasteiger partial charge in [-0.2, -0.15) is 0 Å². The molecule has 0 saturated heterocycles. The Balaban J connectivity index is 1.61. The lowest BCUT2D eigenvalue weighted by molar-refractivity contribution is 0.353. The number of halogens is 1. The molecule has 2 aromatic heterocycles. The topological polar surface area (TPSA) is 76.8 Å². The second-order valence-electron chi connectivity index (χ2n) is 6.41. The third kappa shape index (κ3) is 3.06. The smallest absolute Gasteiger partial charge is 0.143 e. The zero-order chi connectivity index (χ0) is 18.1. The van der Waals surface area contributed by atoms with Gasteiger partial charge >= 0.3 is 0 Å². The Labute approximate surface area is 156 Å². The van der Waals surface area contributed by atoms with Crippen LogP contribution in [0.15, 0.2) is 59.5 Å². The molecule has 132 valence electrons. The van der Waals surface area contributed by atoms with E-state index in [2.05, 4.69) is 28.0 Å². The number of hydrogen-bond acceptors (Lipinski definition) is 4. The lowest BCUT2D eigenvalue weighted by Crippen LogP contribution is -2.08. The zero-order valence-corrected chi connectivity index (χ0v) is 15.1. The van der Waals surface area contributed by atoms with E-state index in [1.165, 1.54) is 6.33 Å². The number of H-pyrrole nitrogens is 1. The van der Waals surface area contributed by atoms with Crippen molar-refractivity contribution in [3.63, 3.8) is 0 Å². The monoisotopic (exact) mass is 366 g/mol. The lowest BCUT2D eigenvalue weighted by atomic mass is 9.98. The molecular formula is C20H19ClN4O. The van der Waals surface area contributed by atoms with Gasteiger partial charge in [-0.05, 0) is 30.0 Å². The maximum absolute atomic E-state index is 6.41. The fourth-order valence-corrected chi connectivity index (χ4v) is 3.37. The third-order valence-corrected chi connectivity index (χ3v) is 5.20. The van der Waals surface area contributed by atoms with Crippen LogP contribution in [0.4, 0.5) is 5.82 Å². The van der Waals surface area contributed by atoms with Gasteiger partial charge in [-0.1, -0.05) is 42.8 Å². The van der Waals surface area contributed by atoms with Gasteiger partial charge in [-0.15, -0.1) is 0 Å². The molecule has 0 saturated carbocycles. The summed E-state index contributed by atoms with van der Waals surface area (Å²) in [6, 6.07) is 7.89. The highest BCUT2D eigenvalue weighted by molar-refractivity contribution is 6.30. The number of fused-ring (bicyclic) bond motifs is 1. The lowest BCUT2D eigenvalue weighted by Gasteiger charge is -2.17. The second kappa shape index (κ2) is 6.84. The number of aromatic amines is 1. The molecule has 2 heterocycles. The van der Waals surface area contributed by atoms with Crippen molar-refractivity contribution < 1.29 is 4.74 Å². The Kier molecular flexibility index (Phi) is 4.39. The van der Waals surface area contributed by atoms with Gasteiger partial charge in [0.1, 0.15) is 30.1 Å². The molecule has 0 amide bonds. The standard InChI is InChI=1S/C20H19ClN4O/c1-12-4-2-6-14(18(12)21)10-26-15-7-3-5-13(8-15)16-9-23-20-17(16)19(22)24-11-25-20/h2-3,5-9,11-12H,4,10H2,1H3,(H3,22,23,24,25). The number of anilines is 1. The number of ether oxygens (including phenoxy) is 1. The molecule has 1 aromatic carbocycles. The Morgan fingerprint density at radius 3 is 3.12 bits per heavy atom. The van der Waals surface area contributed by atoms with Crippen molar-refractivity contribution in [2.24, 2.45) is 5.92 Å². The normalized spacial score (nSPS) is 17.1. The number of rotatable bonds is 4. The van der Waals surface area contributed by atoms with E-state index in [1.54, 1.807) is 0 Å². The van der Waals surface area contributed by atoms with E-state index in [4.69, 9.17) is 22.1 Å². The van der Waals surface area contributed by atoms with Crippen LogP contribution >= 0.6 is 11.6 Å². The summed E-state index contributed by atoms with van der Waals surface area (Å²) in [5, 5.41) is 1.70. The zero-order valence-electron chi connectivity index (χ0n) is 14.4. The van der Waals surface area contributed by atoms with E-state index in [0.29, 0.717) is 18.3 Å². The molecule has 26 heavy (non-hydrogen) atoms. The van der Waals surface area contributed by atoms with E-state index >= 15 is 0 Å². The summed E-state index contributed by atoms with van der Waals surface area (Å²) in [6.07, 6.45) is 8.50. The third-order valence-electron chi connectivity index (χ3n) is 4.59. The van der Waals surface area contributed by atoms with Gasteiger partial charge in [0.25, 0.3) is 0 Å². The van der Waals surface area contributed by atoms with Crippen LogP contribution in [0.1, 0.15) is 13.3 Å². The summed E-state index contributed by atoms with van der Waals surface area (Å²) in [4.78, 5) is 11.4. The first-order chi connectivity index (χ1) is 12.6. The van der Waals surface area contributed by atoms with Crippen molar-refractivity contribution in [3.05, 3.63) is 59.5 Å². The van der Waals surface area contributed by atoms with Gasteiger partial charge in [0.15, 0.2) is 0 Å². The molecule has 5 nitrogen and oxygen atoms in total. The molecule has 0 bridgehead atoms. The van der Waals surface area contributed by atoms with E-state index in [-0.39, 0.29) is 0 Å². The van der Waals surface area contributed by atoms with Crippen molar-refractivity contribution in [2.45, 2.75) is 13.3 Å². The average molecular weight is 367 g/mol. The number of hydrogen-bond donors (Lipinski definition) is 2. The molecule has 3 aromatic rings. The Morgan fingerprint density at radius 1 is 1.35 bits per heavy atom. The Bertz CT molecular complexity index is 1020. The van der Waals surface area contributed by atoms with Crippen LogP contribution in [-0.4, -0.2) is 21.6 Å². The molecule has 1 aliphatic carbocycles. The van der Waals surface area contributed by atoms with Crippen LogP contribution in [0.3, 0.4) is 0 Å². The SMILES string of the molecule is CC1CC=CC(COc2cccc(-c3c[nH]c4ncnc(N)c34)c2)=C1Cl. The number of allylic oxidation sites excluding steroid dienone is 2. The van der Waals surface area contributed by atoms with Gasteiger partial charge in [-0.25, -0.2) is 9.97 Å². The number of aromatic nitrogens is 3. The molecular weight excluding hydrogens is 348 g/mol. The average Bonchev–Trinajstić information content (AvgIpc) is 3.09. The molecule has 0 fully saturated rings. The van der Waals surface area contributed by atoms with Crippen molar-refractivity contribution in [3.8, 4) is 16.9 Å². The predicted octanol–water partition coefficient (Wildman–Crippen LogP) is 4.67. The quantitative estimate of drug-likeness (QED) is 0.703. The van der Waals surface area contributed by atoms with E-state index < -0.39 is 0 Å². The van der Waals surface area contributed by atoms with Crippen LogP contribution in [0.2, 0.25) is 0 Å². The van der Waals surface area contributed by atoms with Gasteiger partial charge < -0.3 is 15.5 Å². The maximum Gasteiger partial charge on any atom is 0.143 e. The second-order valence-corrected chi connectivity index (χ2v) is 6.82. The van der Waals surface area contributed by atoms with Gasteiger partial charge in [0.05, 0.1) is 5.39 Å². The maximum atomic E-state index is 6.41. The highest BCUT2D eigenvalue weighted by Crippen LogP contribution is 2.33. The largest absolute Gasteiger partial charge is 0.489 e. The van der Waals surface area contributed by atoms with E-state index in [1.807, 2.05) is 36.5 Å². The van der Waals surface area contributed by atoms with E-state index in [9.17, 15) is 0 Å². The van der Waals surface area contributed by atoms with Gasteiger partial charge in [0, 0.05) is 22.4 Å². The van der Waals surface area contributed by atoms with Gasteiger partial charge in [-0.3, -0.25) is 0 Å². The molecule has 6 heteroatoms. The number of nitrogen functional groups attached to an aromatic ring is 1. The number of nitrogens with zero attached hydrogens (tertiary/aromatic N) is 2. The molecule has 4 rings (SSSR count). The summed E-state index contributed by atoms with van der Waals surface area (Å²) in [5.41, 5.74) is 9.72. The fraction of sp³-hybridized carbons (Fsp3) is 0.200. The summed E-state index contributed by atoms with van der Waals surface area (Å²) >= 11 is 6.41. The molecule has 1 aliphatic rings. The predicted molar refractivity (Wildman–Crippen MR) is 105 cm³/mol. The molecule has 1 atom stereocenters. The van der Waals surface area contributed by atoms with Crippen molar-refractivity contribution in [1.29, 1.82) is 0 Å². The summed E-state index contributed by atoms with van der Waals surface area (Å²) in [6.45, 7) is 2.57. The molecule has 0 radical (unpaired) electrons. The van der Waals surface area contributed by atoms with Crippen molar-refractivity contribution in [2.75, 3.05) is 12.3 Å². The molecule has 3 N–H and O–H groups in total. The van der Waals surface area contributed by atoms with Crippen LogP contribution < -0.4 is 10.5 Å². The van der Waals surface area contributed by atoms with Crippen LogP contribution in [0, 0.1) is 5.92 Å². The minimum atomic E-state index is 0.348. The molecule has 1 unspecified atom stereocenters. The Hall–Kier alpha value is -2.79. The first-order valence-electron chi connectivity index (χ1n) is 8.49. The first-order valence-corrected chi connectivity index (χ1v) is 8.87. The summed E-state index contributed by atoms with van der Waals surface area (Å²) in [5.74, 6) is 1.58. The van der Waals surface area contributed by atoms with Crippen LogP contribution in [0.5, 0.6) is 5.75 Å². The Morgan fingerprint density at radius 2 is 2.23 bits per heavy atom. The fourth-order valence-electron chi connectivity index (χ4n) is 3.16. The summed E-state index contributed by atoms with van der Waals surface area (Å²) < 4.78 is 5.98. The summed E-state index contributed by atoms with van der Waals surface area (Å²) in [7, 11) is 0. The minimum absolute atomic E-state index is 0.348. The number of nitrogens with one attached hydrogen (secondary N) is 1. The molecule has 0 spiro atoms. The van der Waals surface area contributed by atoms with Gasteiger partial charge in [0.2, 0.25) is 0 Å². The highest BCUT2D eigenvalue weighted by Gasteiger charge is 2.15. The van der Waals surface area contributed by atoms with Crippen molar-refractivity contribution >= 4 is 28.5 Å². The number of benzene rings is 1. The van der Waals surface area contributed by atoms with E-state index in [0.717, 1.165) is 44.9 Å². The first kappa shape index (κ1) is 16.7. The number of nitrogens with two attached hydrogens (primary N) is 1. The van der Waals surface area contributed by atoms with Crippen LogP contribution in [0.25, 0.3) is 22.2 Å². The van der Waals surface area contributed by atoms with Crippen LogP contribution in [-0.2, 0) is 0 Å².